The van der Waals surface area contributed by atoms with E-state index in [0.29, 0.717) is 31.8 Å². The molecular weight excluding hydrogens is 288 g/mol. The van der Waals surface area contributed by atoms with Gasteiger partial charge in [-0.3, -0.25) is 9.59 Å². The molecule has 1 aromatic rings. The van der Waals surface area contributed by atoms with Crippen LogP contribution in [0.3, 0.4) is 0 Å². The first kappa shape index (κ1) is 16.0. The van der Waals surface area contributed by atoms with Crippen LogP contribution in [0, 0.1) is 25.2 Å². The molecule has 0 atom stereocenters. The highest BCUT2D eigenvalue weighted by Crippen LogP contribution is 2.45. The Bertz CT molecular complexity index is 626. The van der Waals surface area contributed by atoms with Gasteiger partial charge >= 0.3 is 0 Å². The minimum atomic E-state index is -0.388. The highest BCUT2D eigenvalue weighted by Gasteiger charge is 2.44. The molecule has 3 rings (SSSR count). The molecule has 4 nitrogen and oxygen atoms in total. The summed E-state index contributed by atoms with van der Waals surface area (Å²) in [6.45, 7) is 5.32. The Morgan fingerprint density at radius 3 is 2.35 bits per heavy atom. The lowest BCUT2D eigenvalue weighted by molar-refractivity contribution is -0.131. The first-order chi connectivity index (χ1) is 10.9. The van der Waals surface area contributed by atoms with Gasteiger partial charge in [0.25, 0.3) is 5.91 Å². The molecule has 2 fully saturated rings. The Hall–Kier alpha value is -1.84. The molecule has 1 aliphatic heterocycles. The van der Waals surface area contributed by atoms with Crippen molar-refractivity contribution in [2.75, 3.05) is 13.1 Å². The summed E-state index contributed by atoms with van der Waals surface area (Å²) in [6, 6.07) is 5.84. The standard InChI is InChI=1S/C19H26N2O2/c1-13-3-6-16(11-14(13)2)17(22)21-9-7-19(8-10-21,18(20)23)12-15-4-5-15/h3,6,11,15H,4-5,7-10,12H2,1-2H3,(H2,20,23). The summed E-state index contributed by atoms with van der Waals surface area (Å²) in [7, 11) is 0. The molecule has 0 unspecified atom stereocenters. The number of piperidine rings is 1. The van der Waals surface area contributed by atoms with Gasteiger partial charge in [-0.25, -0.2) is 0 Å². The number of carbonyl (C=O) groups is 2. The molecule has 1 aromatic carbocycles. The number of primary amides is 1. The van der Waals surface area contributed by atoms with Gasteiger partial charge in [-0.15, -0.1) is 0 Å². The maximum atomic E-state index is 12.7. The largest absolute Gasteiger partial charge is 0.369 e. The van der Waals surface area contributed by atoms with Gasteiger partial charge in [-0.05, 0) is 62.3 Å². The van der Waals surface area contributed by atoms with Crippen LogP contribution in [0.2, 0.25) is 0 Å². The highest BCUT2D eigenvalue weighted by atomic mass is 16.2. The predicted octanol–water partition coefficient (Wildman–Crippen LogP) is 2.81. The Morgan fingerprint density at radius 2 is 1.83 bits per heavy atom. The van der Waals surface area contributed by atoms with Crippen molar-refractivity contribution in [3.63, 3.8) is 0 Å². The number of aryl methyl sites for hydroxylation is 2. The van der Waals surface area contributed by atoms with Crippen molar-refractivity contribution >= 4 is 11.8 Å². The van der Waals surface area contributed by atoms with Crippen molar-refractivity contribution in [1.82, 2.24) is 4.90 Å². The predicted molar refractivity (Wildman–Crippen MR) is 90.0 cm³/mol. The van der Waals surface area contributed by atoms with E-state index in [0.717, 1.165) is 17.5 Å². The number of rotatable bonds is 4. The number of nitrogens with zero attached hydrogens (tertiary/aromatic N) is 1. The summed E-state index contributed by atoms with van der Waals surface area (Å²) in [4.78, 5) is 26.5. The summed E-state index contributed by atoms with van der Waals surface area (Å²) >= 11 is 0. The molecular formula is C19H26N2O2. The number of hydrogen-bond donors (Lipinski definition) is 1. The van der Waals surface area contributed by atoms with Crippen LogP contribution in [-0.4, -0.2) is 29.8 Å². The van der Waals surface area contributed by atoms with Crippen LogP contribution in [0.25, 0.3) is 0 Å². The van der Waals surface area contributed by atoms with E-state index in [1.54, 1.807) is 0 Å². The molecule has 0 spiro atoms. The molecule has 2 amide bonds. The molecule has 0 bridgehead atoms. The molecule has 1 saturated heterocycles. The lowest BCUT2D eigenvalue weighted by Gasteiger charge is -2.40. The fraction of sp³-hybridized carbons (Fsp3) is 0.579. The summed E-state index contributed by atoms with van der Waals surface area (Å²) in [5, 5.41) is 0. The van der Waals surface area contributed by atoms with Crippen LogP contribution in [0.1, 0.15) is 53.6 Å². The van der Waals surface area contributed by atoms with E-state index in [1.807, 2.05) is 36.9 Å². The number of amides is 2. The number of likely N-dealkylation sites (tertiary alicyclic amines) is 1. The van der Waals surface area contributed by atoms with Gasteiger partial charge < -0.3 is 10.6 Å². The molecule has 124 valence electrons. The van der Waals surface area contributed by atoms with Crippen LogP contribution in [0.5, 0.6) is 0 Å². The van der Waals surface area contributed by atoms with Gasteiger partial charge in [0.1, 0.15) is 0 Å². The third-order valence-corrected chi connectivity index (χ3v) is 5.66. The first-order valence-corrected chi connectivity index (χ1v) is 8.58. The second-order valence-electron chi connectivity index (χ2n) is 7.38. The maximum Gasteiger partial charge on any atom is 0.253 e. The summed E-state index contributed by atoms with van der Waals surface area (Å²) < 4.78 is 0. The van der Waals surface area contributed by atoms with Crippen LogP contribution in [0.4, 0.5) is 0 Å². The van der Waals surface area contributed by atoms with Crippen molar-refractivity contribution in [2.24, 2.45) is 17.1 Å². The summed E-state index contributed by atoms with van der Waals surface area (Å²) in [6.07, 6.45) is 4.76. The third kappa shape index (κ3) is 3.26. The second kappa shape index (κ2) is 5.99. The molecule has 23 heavy (non-hydrogen) atoms. The van der Waals surface area contributed by atoms with Gasteiger partial charge in [0.15, 0.2) is 0 Å². The fourth-order valence-electron chi connectivity index (χ4n) is 3.62. The highest BCUT2D eigenvalue weighted by molar-refractivity contribution is 5.94. The Kier molecular flexibility index (Phi) is 4.17. The van der Waals surface area contributed by atoms with Crippen molar-refractivity contribution in [3.8, 4) is 0 Å². The monoisotopic (exact) mass is 314 g/mol. The van der Waals surface area contributed by atoms with E-state index in [-0.39, 0.29) is 17.2 Å². The number of carbonyl (C=O) groups excluding carboxylic acids is 2. The summed E-state index contributed by atoms with van der Waals surface area (Å²) in [5.74, 6) is 0.560. The van der Waals surface area contributed by atoms with Gasteiger partial charge in [0, 0.05) is 18.7 Å². The van der Waals surface area contributed by atoms with E-state index >= 15 is 0 Å². The molecule has 0 aromatic heterocycles. The van der Waals surface area contributed by atoms with Gasteiger partial charge in [0.2, 0.25) is 5.91 Å². The zero-order chi connectivity index (χ0) is 16.6. The van der Waals surface area contributed by atoms with Crippen LogP contribution in [-0.2, 0) is 4.79 Å². The first-order valence-electron chi connectivity index (χ1n) is 8.58. The zero-order valence-corrected chi connectivity index (χ0v) is 14.1. The fourth-order valence-corrected chi connectivity index (χ4v) is 3.62. The minimum absolute atomic E-state index is 0.0672. The van der Waals surface area contributed by atoms with E-state index in [2.05, 4.69) is 0 Å². The lowest BCUT2D eigenvalue weighted by atomic mass is 9.73. The number of hydrogen-bond acceptors (Lipinski definition) is 2. The average molecular weight is 314 g/mol. The van der Waals surface area contributed by atoms with E-state index < -0.39 is 0 Å². The quantitative estimate of drug-likeness (QED) is 0.929. The SMILES string of the molecule is Cc1ccc(C(=O)N2CCC(CC3CC3)(C(N)=O)CC2)cc1C. The Morgan fingerprint density at radius 1 is 1.17 bits per heavy atom. The normalized spacial score (nSPS) is 20.3. The van der Waals surface area contributed by atoms with E-state index in [1.165, 1.54) is 18.4 Å². The molecule has 4 heteroatoms. The van der Waals surface area contributed by atoms with Crippen LogP contribution in [0.15, 0.2) is 18.2 Å². The zero-order valence-electron chi connectivity index (χ0n) is 14.1. The second-order valence-corrected chi connectivity index (χ2v) is 7.38. The lowest BCUT2D eigenvalue weighted by Crippen LogP contribution is -2.49. The smallest absolute Gasteiger partial charge is 0.253 e. The molecule has 1 heterocycles. The minimum Gasteiger partial charge on any atom is -0.369 e. The maximum absolute atomic E-state index is 12.7. The third-order valence-electron chi connectivity index (χ3n) is 5.66. The molecule has 1 saturated carbocycles. The van der Waals surface area contributed by atoms with E-state index in [4.69, 9.17) is 5.73 Å². The average Bonchev–Trinajstić information content (AvgIpc) is 3.34. The van der Waals surface area contributed by atoms with Crippen molar-refractivity contribution < 1.29 is 9.59 Å². The molecule has 2 N–H and O–H groups in total. The topological polar surface area (TPSA) is 63.4 Å². The van der Waals surface area contributed by atoms with Crippen LogP contribution >= 0.6 is 0 Å². The van der Waals surface area contributed by atoms with Crippen molar-refractivity contribution in [1.29, 1.82) is 0 Å². The van der Waals surface area contributed by atoms with Gasteiger partial charge in [-0.1, -0.05) is 18.9 Å². The van der Waals surface area contributed by atoms with Crippen molar-refractivity contribution in [2.45, 2.75) is 46.0 Å². The Balaban J connectivity index is 1.68. The number of benzene rings is 1. The molecule has 0 radical (unpaired) electrons. The Labute approximate surface area is 138 Å². The van der Waals surface area contributed by atoms with E-state index in [9.17, 15) is 9.59 Å². The molecule has 2 aliphatic rings. The van der Waals surface area contributed by atoms with Crippen LogP contribution < -0.4 is 5.73 Å². The molecule has 1 aliphatic carbocycles. The summed E-state index contributed by atoms with van der Waals surface area (Å²) in [5.41, 5.74) is 8.38. The van der Waals surface area contributed by atoms with Gasteiger partial charge in [-0.2, -0.15) is 0 Å². The number of nitrogens with two attached hydrogens (primary N) is 1. The van der Waals surface area contributed by atoms with Crippen molar-refractivity contribution in [3.05, 3.63) is 34.9 Å². The van der Waals surface area contributed by atoms with Gasteiger partial charge in [0.05, 0.1) is 5.41 Å².